The van der Waals surface area contributed by atoms with Crippen molar-refractivity contribution in [1.82, 2.24) is 4.90 Å². The van der Waals surface area contributed by atoms with E-state index in [2.05, 4.69) is 4.90 Å². The Kier molecular flexibility index (Phi) is 2.27. The van der Waals surface area contributed by atoms with Gasteiger partial charge in [0, 0.05) is 25.6 Å². The third-order valence-electron chi connectivity index (χ3n) is 3.35. The van der Waals surface area contributed by atoms with Crippen molar-refractivity contribution in [2.45, 2.75) is 25.4 Å². The van der Waals surface area contributed by atoms with Crippen LogP contribution in [0.4, 0.5) is 0 Å². The molecular formula is C10H18N2O2. The van der Waals surface area contributed by atoms with Gasteiger partial charge >= 0.3 is 0 Å². The first-order valence-corrected chi connectivity index (χ1v) is 5.25. The monoisotopic (exact) mass is 198 g/mol. The summed E-state index contributed by atoms with van der Waals surface area (Å²) >= 11 is 0. The number of likely N-dealkylation sites (tertiary alicyclic amines) is 1. The zero-order valence-electron chi connectivity index (χ0n) is 8.57. The SMILES string of the molecule is CC(CN1CC(O)(C2CC2)C1)C(N)=O. The van der Waals surface area contributed by atoms with Crippen LogP contribution in [0.15, 0.2) is 0 Å². The molecule has 2 fully saturated rings. The Morgan fingerprint density at radius 2 is 2.21 bits per heavy atom. The molecule has 1 unspecified atom stereocenters. The topological polar surface area (TPSA) is 66.6 Å². The summed E-state index contributed by atoms with van der Waals surface area (Å²) in [7, 11) is 0. The van der Waals surface area contributed by atoms with Crippen LogP contribution in [0.2, 0.25) is 0 Å². The summed E-state index contributed by atoms with van der Waals surface area (Å²) in [6.45, 7) is 3.95. The van der Waals surface area contributed by atoms with E-state index >= 15 is 0 Å². The second-order valence-corrected chi connectivity index (χ2v) is 4.85. The number of aliphatic hydroxyl groups is 1. The molecule has 0 aromatic carbocycles. The van der Waals surface area contributed by atoms with Crippen LogP contribution < -0.4 is 5.73 Å². The number of carbonyl (C=O) groups excluding carboxylic acids is 1. The van der Waals surface area contributed by atoms with E-state index in [0.29, 0.717) is 12.5 Å². The molecular weight excluding hydrogens is 180 g/mol. The van der Waals surface area contributed by atoms with E-state index in [-0.39, 0.29) is 11.8 Å². The van der Waals surface area contributed by atoms with Gasteiger partial charge in [0.25, 0.3) is 0 Å². The summed E-state index contributed by atoms with van der Waals surface area (Å²) in [6, 6.07) is 0. The molecule has 1 aliphatic carbocycles. The lowest BCUT2D eigenvalue weighted by Crippen LogP contribution is -2.64. The molecule has 0 spiro atoms. The molecule has 0 aromatic heterocycles. The van der Waals surface area contributed by atoms with Crippen LogP contribution >= 0.6 is 0 Å². The Hall–Kier alpha value is -0.610. The molecule has 1 atom stereocenters. The van der Waals surface area contributed by atoms with Crippen LogP contribution in [-0.4, -0.2) is 41.1 Å². The maximum atomic E-state index is 10.8. The molecule has 1 aliphatic heterocycles. The van der Waals surface area contributed by atoms with Gasteiger partial charge < -0.3 is 10.8 Å². The lowest BCUT2D eigenvalue weighted by Gasteiger charge is -2.47. The number of carbonyl (C=O) groups is 1. The van der Waals surface area contributed by atoms with Gasteiger partial charge in [-0.15, -0.1) is 0 Å². The van der Waals surface area contributed by atoms with Crippen LogP contribution in [0.25, 0.3) is 0 Å². The number of hydrogen-bond acceptors (Lipinski definition) is 3. The minimum atomic E-state index is -0.447. The average Bonchev–Trinajstić information content (AvgIpc) is 2.82. The second-order valence-electron chi connectivity index (χ2n) is 4.85. The smallest absolute Gasteiger partial charge is 0.221 e. The molecule has 14 heavy (non-hydrogen) atoms. The summed E-state index contributed by atoms with van der Waals surface area (Å²) in [4.78, 5) is 12.9. The largest absolute Gasteiger partial charge is 0.387 e. The first kappa shape index (κ1) is 9.93. The molecule has 4 heteroatoms. The lowest BCUT2D eigenvalue weighted by molar-refractivity contribution is -0.131. The van der Waals surface area contributed by atoms with Gasteiger partial charge in [-0.3, -0.25) is 9.69 Å². The molecule has 1 amide bonds. The zero-order chi connectivity index (χ0) is 10.3. The Bertz CT molecular complexity index is 245. The highest BCUT2D eigenvalue weighted by molar-refractivity contribution is 5.76. The number of primary amides is 1. The van der Waals surface area contributed by atoms with Gasteiger partial charge in [-0.05, 0) is 18.8 Å². The van der Waals surface area contributed by atoms with Gasteiger partial charge in [0.05, 0.1) is 5.60 Å². The van der Waals surface area contributed by atoms with E-state index in [1.54, 1.807) is 0 Å². The standard InChI is InChI=1S/C10H18N2O2/c1-7(9(11)13)4-12-5-10(14,6-12)8-2-3-8/h7-8,14H,2-6H2,1H3,(H2,11,13). The van der Waals surface area contributed by atoms with Crippen LogP contribution in [0.1, 0.15) is 19.8 Å². The van der Waals surface area contributed by atoms with Gasteiger partial charge in [0.15, 0.2) is 0 Å². The van der Waals surface area contributed by atoms with Crippen molar-refractivity contribution in [3.05, 3.63) is 0 Å². The summed E-state index contributed by atoms with van der Waals surface area (Å²) in [5.74, 6) is 0.147. The van der Waals surface area contributed by atoms with Gasteiger partial charge in [-0.25, -0.2) is 0 Å². The van der Waals surface area contributed by atoms with Crippen molar-refractivity contribution < 1.29 is 9.90 Å². The van der Waals surface area contributed by atoms with Gasteiger partial charge in [0.2, 0.25) is 5.91 Å². The number of amides is 1. The first-order chi connectivity index (χ1) is 6.51. The second kappa shape index (κ2) is 3.21. The fourth-order valence-electron chi connectivity index (χ4n) is 2.21. The number of rotatable bonds is 4. The molecule has 0 radical (unpaired) electrons. The Morgan fingerprint density at radius 1 is 1.64 bits per heavy atom. The molecule has 2 aliphatic rings. The average molecular weight is 198 g/mol. The maximum Gasteiger partial charge on any atom is 0.221 e. The van der Waals surface area contributed by atoms with Crippen molar-refractivity contribution in [3.8, 4) is 0 Å². The predicted octanol–water partition coefficient (Wildman–Crippen LogP) is -0.435. The maximum absolute atomic E-state index is 10.8. The molecule has 1 heterocycles. The quantitative estimate of drug-likeness (QED) is 0.644. The normalized spacial score (nSPS) is 28.1. The third kappa shape index (κ3) is 1.77. The summed E-state index contributed by atoms with van der Waals surface area (Å²) in [5, 5.41) is 10.0. The first-order valence-electron chi connectivity index (χ1n) is 5.25. The Balaban J connectivity index is 1.74. The van der Waals surface area contributed by atoms with Crippen molar-refractivity contribution in [1.29, 1.82) is 0 Å². The molecule has 80 valence electrons. The molecule has 1 saturated heterocycles. The Morgan fingerprint density at radius 3 is 2.64 bits per heavy atom. The van der Waals surface area contributed by atoms with E-state index in [0.717, 1.165) is 25.9 Å². The van der Waals surface area contributed by atoms with Crippen molar-refractivity contribution in [3.63, 3.8) is 0 Å². The van der Waals surface area contributed by atoms with Gasteiger partial charge in [-0.2, -0.15) is 0 Å². The van der Waals surface area contributed by atoms with Crippen molar-refractivity contribution >= 4 is 5.91 Å². The van der Waals surface area contributed by atoms with Crippen LogP contribution in [0.3, 0.4) is 0 Å². The zero-order valence-corrected chi connectivity index (χ0v) is 8.57. The van der Waals surface area contributed by atoms with E-state index in [1.807, 2.05) is 6.92 Å². The fourth-order valence-corrected chi connectivity index (χ4v) is 2.21. The summed E-state index contributed by atoms with van der Waals surface area (Å²) < 4.78 is 0. The molecule has 0 aromatic rings. The van der Waals surface area contributed by atoms with Crippen LogP contribution in [0, 0.1) is 11.8 Å². The predicted molar refractivity (Wildman–Crippen MR) is 52.5 cm³/mol. The van der Waals surface area contributed by atoms with Gasteiger partial charge in [-0.1, -0.05) is 6.92 Å². The van der Waals surface area contributed by atoms with Gasteiger partial charge in [0.1, 0.15) is 0 Å². The molecule has 2 rings (SSSR count). The molecule has 0 bridgehead atoms. The highest BCUT2D eigenvalue weighted by Gasteiger charge is 2.51. The molecule has 3 N–H and O–H groups in total. The minimum absolute atomic E-state index is 0.112. The van der Waals surface area contributed by atoms with E-state index in [9.17, 15) is 9.90 Å². The fraction of sp³-hybridized carbons (Fsp3) is 0.900. The number of nitrogens with zero attached hydrogens (tertiary/aromatic N) is 1. The third-order valence-corrected chi connectivity index (χ3v) is 3.35. The lowest BCUT2D eigenvalue weighted by atomic mass is 9.88. The highest BCUT2D eigenvalue weighted by Crippen LogP contribution is 2.44. The molecule has 1 saturated carbocycles. The van der Waals surface area contributed by atoms with E-state index in [1.165, 1.54) is 0 Å². The van der Waals surface area contributed by atoms with Crippen LogP contribution in [-0.2, 0) is 4.79 Å². The molecule has 4 nitrogen and oxygen atoms in total. The highest BCUT2D eigenvalue weighted by atomic mass is 16.3. The summed E-state index contributed by atoms with van der Waals surface area (Å²) in [5.41, 5.74) is 4.73. The van der Waals surface area contributed by atoms with Crippen LogP contribution in [0.5, 0.6) is 0 Å². The number of nitrogens with two attached hydrogens (primary N) is 1. The van der Waals surface area contributed by atoms with Crippen molar-refractivity contribution in [2.24, 2.45) is 17.6 Å². The number of β-amino-alcohol motifs (C(OH)–C–C–N with tert-alkyl or cyclic N) is 1. The minimum Gasteiger partial charge on any atom is -0.387 e. The Labute approximate surface area is 84.1 Å². The van der Waals surface area contributed by atoms with E-state index < -0.39 is 5.60 Å². The number of hydrogen-bond donors (Lipinski definition) is 2. The van der Waals surface area contributed by atoms with Crippen molar-refractivity contribution in [2.75, 3.05) is 19.6 Å². The summed E-state index contributed by atoms with van der Waals surface area (Å²) in [6.07, 6.45) is 2.32. The van der Waals surface area contributed by atoms with E-state index in [4.69, 9.17) is 5.73 Å².